The molecular formula is C15H18Cl2N4O. The maximum absolute atomic E-state index is 12.5. The van der Waals surface area contributed by atoms with Gasteiger partial charge in [0.05, 0.1) is 22.2 Å². The Morgan fingerprint density at radius 3 is 2.86 bits per heavy atom. The Balaban J connectivity index is 1.78. The minimum atomic E-state index is 0.103. The Labute approximate surface area is 139 Å². The minimum absolute atomic E-state index is 0.103. The van der Waals surface area contributed by atoms with Crippen molar-refractivity contribution < 1.29 is 4.79 Å². The van der Waals surface area contributed by atoms with Gasteiger partial charge < -0.3 is 14.2 Å². The molecule has 5 nitrogen and oxygen atoms in total. The third kappa shape index (κ3) is 3.07. The lowest BCUT2D eigenvalue weighted by Gasteiger charge is -2.38. The maximum atomic E-state index is 12.5. The number of fused-ring (bicyclic) bond motifs is 1. The Morgan fingerprint density at radius 1 is 1.36 bits per heavy atom. The molecule has 2 aromatic rings. The molecule has 0 saturated carbocycles. The van der Waals surface area contributed by atoms with Crippen molar-refractivity contribution in [1.29, 1.82) is 0 Å². The normalized spacial score (nSPS) is 19.8. The van der Waals surface area contributed by atoms with Gasteiger partial charge in [-0.15, -0.1) is 0 Å². The molecule has 2 aromatic heterocycles. The summed E-state index contributed by atoms with van der Waals surface area (Å²) in [5.74, 6) is 0.103. The summed E-state index contributed by atoms with van der Waals surface area (Å²) in [5, 5.41) is 1.03. The first-order valence-corrected chi connectivity index (χ1v) is 8.00. The zero-order chi connectivity index (χ0) is 15.9. The monoisotopic (exact) mass is 340 g/mol. The van der Waals surface area contributed by atoms with Gasteiger partial charge >= 0.3 is 0 Å². The van der Waals surface area contributed by atoms with Crippen LogP contribution in [-0.4, -0.2) is 57.8 Å². The zero-order valence-corrected chi connectivity index (χ0v) is 14.1. The predicted molar refractivity (Wildman–Crippen MR) is 87.6 cm³/mol. The Kier molecular flexibility index (Phi) is 4.30. The molecule has 0 radical (unpaired) electrons. The van der Waals surface area contributed by atoms with E-state index in [1.807, 2.05) is 11.1 Å². The fourth-order valence-corrected chi connectivity index (χ4v) is 3.45. The van der Waals surface area contributed by atoms with Crippen LogP contribution in [0, 0.1) is 0 Å². The van der Waals surface area contributed by atoms with Crippen LogP contribution in [-0.2, 0) is 11.2 Å². The van der Waals surface area contributed by atoms with Gasteiger partial charge in [0.25, 0.3) is 0 Å². The summed E-state index contributed by atoms with van der Waals surface area (Å²) >= 11 is 12.1. The van der Waals surface area contributed by atoms with Crippen LogP contribution >= 0.6 is 23.2 Å². The number of likely N-dealkylation sites (N-methyl/N-ethyl adjacent to an activating group) is 1. The summed E-state index contributed by atoms with van der Waals surface area (Å²) in [7, 11) is 2.08. The SMILES string of the molecule is C[C@@H]1CN(C)CCN1C(=O)Cc1cn2cc(Cl)cc(Cl)c2n1. The number of hydrogen-bond acceptors (Lipinski definition) is 3. The maximum Gasteiger partial charge on any atom is 0.228 e. The van der Waals surface area contributed by atoms with Crippen molar-refractivity contribution in [3.8, 4) is 0 Å². The van der Waals surface area contributed by atoms with Gasteiger partial charge in [-0.2, -0.15) is 0 Å². The van der Waals surface area contributed by atoms with Gasteiger partial charge in [0.15, 0.2) is 5.65 Å². The molecule has 7 heteroatoms. The van der Waals surface area contributed by atoms with Crippen LogP contribution in [0.1, 0.15) is 12.6 Å². The summed E-state index contributed by atoms with van der Waals surface area (Å²) < 4.78 is 1.76. The molecule has 0 spiro atoms. The van der Waals surface area contributed by atoms with E-state index in [9.17, 15) is 4.79 Å². The van der Waals surface area contributed by atoms with Crippen molar-refractivity contribution in [3.05, 3.63) is 34.2 Å². The summed E-state index contributed by atoms with van der Waals surface area (Å²) in [6.07, 6.45) is 3.83. The van der Waals surface area contributed by atoms with Crippen molar-refractivity contribution in [2.75, 3.05) is 26.7 Å². The molecule has 118 valence electrons. The van der Waals surface area contributed by atoms with Crippen LogP contribution in [0.25, 0.3) is 5.65 Å². The number of pyridine rings is 1. The average Bonchev–Trinajstić information content (AvgIpc) is 2.81. The second-order valence-electron chi connectivity index (χ2n) is 5.84. The van der Waals surface area contributed by atoms with E-state index in [0.29, 0.717) is 21.4 Å². The van der Waals surface area contributed by atoms with Gasteiger partial charge in [0, 0.05) is 38.1 Å². The van der Waals surface area contributed by atoms with Crippen molar-refractivity contribution in [1.82, 2.24) is 19.2 Å². The topological polar surface area (TPSA) is 40.9 Å². The molecule has 0 N–H and O–H groups in total. The molecule has 1 aliphatic heterocycles. The molecule has 0 aliphatic carbocycles. The molecule has 3 rings (SSSR count). The van der Waals surface area contributed by atoms with Crippen molar-refractivity contribution in [2.24, 2.45) is 0 Å². The minimum Gasteiger partial charge on any atom is -0.337 e. The summed E-state index contributed by atoms with van der Waals surface area (Å²) in [6.45, 7) is 4.64. The van der Waals surface area contributed by atoms with E-state index in [2.05, 4.69) is 23.9 Å². The molecular weight excluding hydrogens is 323 g/mol. The number of amides is 1. The third-order valence-electron chi connectivity index (χ3n) is 4.01. The van der Waals surface area contributed by atoms with Crippen molar-refractivity contribution in [2.45, 2.75) is 19.4 Å². The number of piperazine rings is 1. The Bertz CT molecular complexity index is 715. The van der Waals surface area contributed by atoms with E-state index in [1.54, 1.807) is 16.7 Å². The van der Waals surface area contributed by atoms with Crippen LogP contribution in [0.5, 0.6) is 0 Å². The number of carbonyl (C=O) groups excluding carboxylic acids is 1. The molecule has 1 fully saturated rings. The number of carbonyl (C=O) groups is 1. The van der Waals surface area contributed by atoms with Crippen LogP contribution in [0.2, 0.25) is 10.0 Å². The van der Waals surface area contributed by atoms with Crippen LogP contribution in [0.4, 0.5) is 0 Å². The fourth-order valence-electron chi connectivity index (χ4n) is 2.93. The largest absolute Gasteiger partial charge is 0.337 e. The average molecular weight is 341 g/mol. The van der Waals surface area contributed by atoms with Crippen LogP contribution < -0.4 is 0 Å². The highest BCUT2D eigenvalue weighted by molar-refractivity contribution is 6.36. The van der Waals surface area contributed by atoms with Gasteiger partial charge in [-0.05, 0) is 20.0 Å². The fraction of sp³-hybridized carbons (Fsp3) is 0.467. The zero-order valence-electron chi connectivity index (χ0n) is 12.6. The lowest BCUT2D eigenvalue weighted by Crippen LogP contribution is -2.53. The number of rotatable bonds is 2. The molecule has 1 amide bonds. The Morgan fingerprint density at radius 2 is 2.14 bits per heavy atom. The van der Waals surface area contributed by atoms with Crippen molar-refractivity contribution in [3.63, 3.8) is 0 Å². The molecule has 0 bridgehead atoms. The van der Waals surface area contributed by atoms with Gasteiger partial charge in [-0.1, -0.05) is 23.2 Å². The first-order chi connectivity index (χ1) is 10.4. The van der Waals surface area contributed by atoms with E-state index in [-0.39, 0.29) is 18.4 Å². The second kappa shape index (κ2) is 6.07. The third-order valence-corrected chi connectivity index (χ3v) is 4.49. The van der Waals surface area contributed by atoms with Crippen LogP contribution in [0.3, 0.4) is 0 Å². The summed E-state index contributed by atoms with van der Waals surface area (Å²) in [4.78, 5) is 21.1. The molecule has 22 heavy (non-hydrogen) atoms. The quantitative estimate of drug-likeness (QED) is 0.842. The molecule has 1 atom stereocenters. The molecule has 3 heterocycles. The smallest absolute Gasteiger partial charge is 0.228 e. The van der Waals surface area contributed by atoms with Crippen LogP contribution in [0.15, 0.2) is 18.5 Å². The van der Waals surface area contributed by atoms with Gasteiger partial charge in [0.2, 0.25) is 5.91 Å². The number of halogens is 2. The van der Waals surface area contributed by atoms with Gasteiger partial charge in [-0.25, -0.2) is 4.98 Å². The molecule has 1 saturated heterocycles. The lowest BCUT2D eigenvalue weighted by molar-refractivity contribution is -0.134. The van der Waals surface area contributed by atoms with E-state index in [0.717, 1.165) is 19.6 Å². The summed E-state index contributed by atoms with van der Waals surface area (Å²) in [5.41, 5.74) is 1.33. The van der Waals surface area contributed by atoms with E-state index < -0.39 is 0 Å². The number of imidazole rings is 1. The van der Waals surface area contributed by atoms with E-state index in [1.165, 1.54) is 0 Å². The Hall–Kier alpha value is -1.30. The lowest BCUT2D eigenvalue weighted by atomic mass is 10.1. The molecule has 1 aliphatic rings. The predicted octanol–water partition coefficient (Wildman–Crippen LogP) is 2.35. The second-order valence-corrected chi connectivity index (χ2v) is 6.69. The van der Waals surface area contributed by atoms with Gasteiger partial charge in [-0.3, -0.25) is 4.79 Å². The van der Waals surface area contributed by atoms with E-state index >= 15 is 0 Å². The first-order valence-electron chi connectivity index (χ1n) is 7.24. The highest BCUT2D eigenvalue weighted by Crippen LogP contribution is 2.22. The number of aromatic nitrogens is 2. The first kappa shape index (κ1) is 15.6. The molecule has 0 unspecified atom stereocenters. The highest BCUT2D eigenvalue weighted by Gasteiger charge is 2.26. The van der Waals surface area contributed by atoms with E-state index in [4.69, 9.17) is 23.2 Å². The van der Waals surface area contributed by atoms with Gasteiger partial charge in [0.1, 0.15) is 0 Å². The standard InChI is InChI=1S/C15H18Cl2N4O/c1-10-7-19(2)3-4-21(10)14(22)6-12-9-20-8-11(16)5-13(17)15(20)18-12/h5,8-10H,3-4,6-7H2,1-2H3/t10-/m1/s1. The summed E-state index contributed by atoms with van der Waals surface area (Å²) in [6, 6.07) is 1.88. The van der Waals surface area contributed by atoms with Crippen molar-refractivity contribution >= 4 is 34.8 Å². The number of hydrogen-bond donors (Lipinski definition) is 0. The number of nitrogens with zero attached hydrogens (tertiary/aromatic N) is 4. The molecule has 0 aromatic carbocycles. The highest BCUT2D eigenvalue weighted by atomic mass is 35.5.